The van der Waals surface area contributed by atoms with Crippen LogP contribution in [0.1, 0.15) is 18.9 Å². The zero-order valence-electron chi connectivity index (χ0n) is 15.2. The molecule has 6 nitrogen and oxygen atoms in total. The van der Waals surface area contributed by atoms with Crippen molar-refractivity contribution >= 4 is 17.5 Å². The fourth-order valence-electron chi connectivity index (χ4n) is 3.07. The van der Waals surface area contributed by atoms with Crippen LogP contribution in [0.25, 0.3) is 0 Å². The number of piperazine rings is 1. The van der Waals surface area contributed by atoms with Gasteiger partial charge in [0, 0.05) is 18.3 Å². The summed E-state index contributed by atoms with van der Waals surface area (Å²) < 4.78 is 5.57. The van der Waals surface area contributed by atoms with Crippen molar-refractivity contribution in [1.82, 2.24) is 4.90 Å². The summed E-state index contributed by atoms with van der Waals surface area (Å²) >= 11 is 0. The van der Waals surface area contributed by atoms with Crippen LogP contribution in [0.3, 0.4) is 0 Å². The van der Waals surface area contributed by atoms with Crippen molar-refractivity contribution in [2.24, 2.45) is 0 Å². The quantitative estimate of drug-likeness (QED) is 0.818. The van der Waals surface area contributed by atoms with Gasteiger partial charge in [-0.15, -0.1) is 0 Å². The van der Waals surface area contributed by atoms with Gasteiger partial charge >= 0.3 is 0 Å². The normalized spacial score (nSPS) is 16.7. The van der Waals surface area contributed by atoms with Gasteiger partial charge in [-0.1, -0.05) is 18.2 Å². The molecule has 0 radical (unpaired) electrons. The average Bonchev–Trinajstić information content (AvgIpc) is 2.70. The zero-order valence-corrected chi connectivity index (χ0v) is 15.2. The summed E-state index contributed by atoms with van der Waals surface area (Å²) in [6, 6.07) is 18.2. The van der Waals surface area contributed by atoms with E-state index in [1.54, 1.807) is 34.1 Å². The predicted molar refractivity (Wildman–Crippen MR) is 101 cm³/mol. The predicted octanol–water partition coefficient (Wildman–Crippen LogP) is 2.59. The van der Waals surface area contributed by atoms with E-state index >= 15 is 0 Å². The number of carbonyl (C=O) groups is 2. The van der Waals surface area contributed by atoms with Crippen molar-refractivity contribution in [2.45, 2.75) is 19.4 Å². The average molecular weight is 363 g/mol. The summed E-state index contributed by atoms with van der Waals surface area (Å²) in [4.78, 5) is 28.3. The van der Waals surface area contributed by atoms with Crippen molar-refractivity contribution in [1.29, 1.82) is 5.26 Å². The number of nitriles is 1. The monoisotopic (exact) mass is 363 g/mol. The molecule has 1 saturated heterocycles. The standard InChI is InChI=1S/C21H21N3O3/c1-16-14-24(18-9-7-17(13-22)8-10-18)21(26)15-23(16)20(25)11-12-27-19-5-3-2-4-6-19/h2-10,16H,11-12,14-15H2,1H3/t16-/m1/s1. The van der Waals surface area contributed by atoms with E-state index in [0.29, 0.717) is 12.1 Å². The second-order valence-corrected chi connectivity index (χ2v) is 6.45. The molecule has 1 aliphatic rings. The summed E-state index contributed by atoms with van der Waals surface area (Å²) in [5, 5.41) is 8.89. The Hall–Kier alpha value is -3.33. The van der Waals surface area contributed by atoms with Gasteiger partial charge in [0.25, 0.3) is 0 Å². The van der Waals surface area contributed by atoms with E-state index in [4.69, 9.17) is 10.00 Å². The number of benzene rings is 2. The van der Waals surface area contributed by atoms with Crippen molar-refractivity contribution < 1.29 is 14.3 Å². The second-order valence-electron chi connectivity index (χ2n) is 6.45. The molecule has 0 bridgehead atoms. The Morgan fingerprint density at radius 2 is 1.89 bits per heavy atom. The second kappa shape index (κ2) is 8.37. The van der Waals surface area contributed by atoms with Gasteiger partial charge in [-0.25, -0.2) is 0 Å². The van der Waals surface area contributed by atoms with Crippen molar-refractivity contribution in [3.63, 3.8) is 0 Å². The minimum Gasteiger partial charge on any atom is -0.493 e. The molecule has 2 aromatic carbocycles. The molecule has 0 unspecified atom stereocenters. The maximum absolute atomic E-state index is 12.5. The van der Waals surface area contributed by atoms with Crippen LogP contribution in [0, 0.1) is 11.3 Å². The number of nitrogens with zero attached hydrogens (tertiary/aromatic N) is 3. The molecule has 1 aliphatic heterocycles. The molecular formula is C21H21N3O3. The van der Waals surface area contributed by atoms with E-state index in [1.807, 2.05) is 37.3 Å². The van der Waals surface area contributed by atoms with E-state index in [0.717, 1.165) is 11.4 Å². The summed E-state index contributed by atoms with van der Waals surface area (Å²) in [5.74, 6) is 0.501. The Labute approximate surface area is 158 Å². The molecule has 6 heteroatoms. The number of ether oxygens (including phenoxy) is 1. The number of hydrogen-bond acceptors (Lipinski definition) is 4. The highest BCUT2D eigenvalue weighted by Crippen LogP contribution is 2.21. The van der Waals surface area contributed by atoms with Crippen LogP contribution < -0.4 is 9.64 Å². The molecule has 2 aromatic rings. The summed E-state index contributed by atoms with van der Waals surface area (Å²) in [7, 11) is 0. The van der Waals surface area contributed by atoms with Crippen LogP contribution in [0.4, 0.5) is 5.69 Å². The first-order valence-electron chi connectivity index (χ1n) is 8.86. The molecule has 0 aliphatic carbocycles. The number of anilines is 1. The van der Waals surface area contributed by atoms with Gasteiger partial charge in [0.2, 0.25) is 11.8 Å². The number of amides is 2. The number of hydrogen-bond donors (Lipinski definition) is 0. The Kier molecular flexibility index (Phi) is 5.72. The van der Waals surface area contributed by atoms with Crippen molar-refractivity contribution in [2.75, 3.05) is 24.6 Å². The summed E-state index contributed by atoms with van der Waals surface area (Å²) in [5.41, 5.74) is 1.29. The van der Waals surface area contributed by atoms with Crippen LogP contribution >= 0.6 is 0 Å². The molecule has 138 valence electrons. The third-order valence-corrected chi connectivity index (χ3v) is 4.54. The van der Waals surface area contributed by atoms with Crippen LogP contribution in [0.2, 0.25) is 0 Å². The molecular weight excluding hydrogens is 342 g/mol. The van der Waals surface area contributed by atoms with E-state index in [2.05, 4.69) is 6.07 Å². The minimum atomic E-state index is -0.130. The molecule has 1 heterocycles. The van der Waals surface area contributed by atoms with Gasteiger partial charge in [-0.2, -0.15) is 5.26 Å². The molecule has 0 N–H and O–H groups in total. The molecule has 2 amide bonds. The van der Waals surface area contributed by atoms with Gasteiger partial charge in [-0.05, 0) is 43.3 Å². The number of rotatable bonds is 5. The van der Waals surface area contributed by atoms with Gasteiger partial charge < -0.3 is 14.5 Å². The molecule has 0 aromatic heterocycles. The largest absolute Gasteiger partial charge is 0.493 e. The first-order chi connectivity index (χ1) is 13.1. The molecule has 3 rings (SSSR count). The van der Waals surface area contributed by atoms with E-state index in [9.17, 15) is 9.59 Å². The SMILES string of the molecule is C[C@@H]1CN(c2ccc(C#N)cc2)C(=O)CN1C(=O)CCOc1ccccc1. The van der Waals surface area contributed by atoms with Crippen LogP contribution in [-0.2, 0) is 9.59 Å². The maximum Gasteiger partial charge on any atom is 0.246 e. The highest BCUT2D eigenvalue weighted by Gasteiger charge is 2.32. The fourth-order valence-corrected chi connectivity index (χ4v) is 3.07. The maximum atomic E-state index is 12.5. The molecule has 0 saturated carbocycles. The van der Waals surface area contributed by atoms with E-state index < -0.39 is 0 Å². The summed E-state index contributed by atoms with van der Waals surface area (Å²) in [6.07, 6.45) is 0.226. The zero-order chi connectivity index (χ0) is 19.2. The Bertz CT molecular complexity index is 843. The van der Waals surface area contributed by atoms with Gasteiger partial charge in [-0.3, -0.25) is 9.59 Å². The first-order valence-corrected chi connectivity index (χ1v) is 8.86. The first kappa shape index (κ1) is 18.5. The van der Waals surface area contributed by atoms with Gasteiger partial charge in [0.15, 0.2) is 0 Å². The number of carbonyl (C=O) groups excluding carboxylic acids is 2. The molecule has 1 fully saturated rings. The lowest BCUT2D eigenvalue weighted by Gasteiger charge is -2.39. The lowest BCUT2D eigenvalue weighted by atomic mass is 10.1. The third-order valence-electron chi connectivity index (χ3n) is 4.54. The van der Waals surface area contributed by atoms with E-state index in [1.165, 1.54) is 0 Å². The highest BCUT2D eigenvalue weighted by molar-refractivity contribution is 5.98. The Balaban J connectivity index is 1.56. The molecule has 0 spiro atoms. The van der Waals surface area contributed by atoms with Gasteiger partial charge in [0.1, 0.15) is 12.3 Å². The fraction of sp³-hybridized carbons (Fsp3) is 0.286. The lowest BCUT2D eigenvalue weighted by molar-refractivity contribution is -0.139. The van der Waals surface area contributed by atoms with Crippen molar-refractivity contribution in [3.8, 4) is 11.8 Å². The lowest BCUT2D eigenvalue weighted by Crippen LogP contribution is -2.57. The highest BCUT2D eigenvalue weighted by atomic mass is 16.5. The Morgan fingerprint density at radius 3 is 2.56 bits per heavy atom. The molecule has 1 atom stereocenters. The topological polar surface area (TPSA) is 73.6 Å². The molecule has 27 heavy (non-hydrogen) atoms. The summed E-state index contributed by atoms with van der Waals surface area (Å²) in [6.45, 7) is 2.68. The third kappa shape index (κ3) is 4.45. The van der Waals surface area contributed by atoms with Gasteiger partial charge in [0.05, 0.1) is 24.7 Å². The number of para-hydroxylation sites is 1. The van der Waals surface area contributed by atoms with Crippen molar-refractivity contribution in [3.05, 3.63) is 60.2 Å². The van der Waals surface area contributed by atoms with Crippen LogP contribution in [0.5, 0.6) is 5.75 Å². The van der Waals surface area contributed by atoms with E-state index in [-0.39, 0.29) is 37.4 Å². The Morgan fingerprint density at radius 1 is 1.19 bits per heavy atom. The van der Waals surface area contributed by atoms with Crippen LogP contribution in [0.15, 0.2) is 54.6 Å². The smallest absolute Gasteiger partial charge is 0.246 e. The minimum absolute atomic E-state index is 0.0470. The van der Waals surface area contributed by atoms with Crippen LogP contribution in [-0.4, -0.2) is 42.5 Å².